The third kappa shape index (κ3) is 15.5. The van der Waals surface area contributed by atoms with Gasteiger partial charge in [0.2, 0.25) is 0 Å². The summed E-state index contributed by atoms with van der Waals surface area (Å²) in [7, 11) is 0. The summed E-state index contributed by atoms with van der Waals surface area (Å²) in [6, 6.07) is 16.0. The van der Waals surface area contributed by atoms with Gasteiger partial charge >= 0.3 is 5.97 Å². The van der Waals surface area contributed by atoms with Gasteiger partial charge in [-0.3, -0.25) is 14.8 Å². The summed E-state index contributed by atoms with van der Waals surface area (Å²) >= 11 is 0. The number of para-hydroxylation sites is 1. The minimum absolute atomic E-state index is 0.283. The molecule has 8 heteroatoms. The van der Waals surface area contributed by atoms with Crippen molar-refractivity contribution in [1.29, 1.82) is 0 Å². The van der Waals surface area contributed by atoms with Crippen LogP contribution in [-0.4, -0.2) is 48.4 Å². The molecule has 4 N–H and O–H groups in total. The lowest BCUT2D eigenvalue weighted by molar-refractivity contribution is -0.140. The Kier molecular flexibility index (Phi) is 18.5. The second-order valence-corrected chi connectivity index (χ2v) is 8.79. The van der Waals surface area contributed by atoms with E-state index < -0.39 is 5.91 Å². The van der Waals surface area contributed by atoms with Crippen LogP contribution in [0.15, 0.2) is 60.8 Å². The highest BCUT2D eigenvalue weighted by Crippen LogP contribution is 2.18. The smallest absolute Gasteiger partial charge is 0.302 e. The van der Waals surface area contributed by atoms with Gasteiger partial charge in [0.15, 0.2) is 0 Å². The fourth-order valence-electron chi connectivity index (χ4n) is 3.45. The first-order valence-electron chi connectivity index (χ1n) is 13.6. The van der Waals surface area contributed by atoms with Gasteiger partial charge in [0.1, 0.15) is 6.61 Å². The van der Waals surface area contributed by atoms with E-state index in [0.29, 0.717) is 19.7 Å². The number of aromatic nitrogens is 1. The van der Waals surface area contributed by atoms with Crippen molar-refractivity contribution in [2.75, 3.05) is 26.4 Å². The van der Waals surface area contributed by atoms with E-state index in [0.717, 1.165) is 37.2 Å². The number of hydrogen-bond donors (Lipinski definition) is 4. The molecule has 0 unspecified atom stereocenters. The van der Waals surface area contributed by atoms with Gasteiger partial charge in [0, 0.05) is 56.4 Å². The van der Waals surface area contributed by atoms with E-state index in [2.05, 4.69) is 61.5 Å². The standard InChI is InChI=1S/C14H18N2O4.C11H13N.C6H14O/c1-11(17)20-9-8-15-10-13-4-2-12(3-5-13)6-7-14(18)16-19;1-2-5-9-8-12-11-7-4-3-6-10(9)11;1-3-5-7-6-4-2/h2-7,15,19H,8-10H2,1H3,(H,16,18);3-4,6-8,12H,2,5H2,1H3;3-6H2,1-2H3/b7-6+;;. The van der Waals surface area contributed by atoms with Crippen LogP contribution in [0.25, 0.3) is 17.0 Å². The van der Waals surface area contributed by atoms with Gasteiger partial charge in [-0.25, -0.2) is 5.48 Å². The molecule has 0 saturated heterocycles. The maximum absolute atomic E-state index is 10.8. The summed E-state index contributed by atoms with van der Waals surface area (Å²) in [4.78, 5) is 24.6. The molecule has 0 radical (unpaired) electrons. The van der Waals surface area contributed by atoms with Gasteiger partial charge < -0.3 is 19.8 Å². The van der Waals surface area contributed by atoms with Crippen LogP contribution in [0.1, 0.15) is 63.6 Å². The SMILES string of the molecule is CC(=O)OCCNCc1ccc(/C=C/C(=O)NO)cc1.CCCOCCC.CCCc1c[nH]c2ccccc12. The van der Waals surface area contributed by atoms with Crippen molar-refractivity contribution in [2.45, 2.75) is 59.9 Å². The number of hydrogen-bond acceptors (Lipinski definition) is 6. The Hall–Kier alpha value is -3.46. The van der Waals surface area contributed by atoms with Crippen LogP contribution < -0.4 is 10.8 Å². The monoisotopic (exact) mass is 539 g/mol. The summed E-state index contributed by atoms with van der Waals surface area (Å²) in [6.07, 6.45) is 9.62. The van der Waals surface area contributed by atoms with Crippen molar-refractivity contribution in [1.82, 2.24) is 15.8 Å². The number of aryl methyl sites for hydroxylation is 1. The predicted molar refractivity (Wildman–Crippen MR) is 157 cm³/mol. The molecule has 0 atom stereocenters. The Balaban J connectivity index is 0.000000336. The number of H-pyrrole nitrogens is 1. The first-order valence-corrected chi connectivity index (χ1v) is 13.6. The number of aromatic amines is 1. The molecule has 0 aliphatic rings. The topological polar surface area (TPSA) is 113 Å². The molecule has 0 aliphatic carbocycles. The molecule has 0 spiro atoms. The maximum atomic E-state index is 10.8. The zero-order chi connectivity index (χ0) is 28.7. The number of benzene rings is 2. The normalized spacial score (nSPS) is 10.4. The van der Waals surface area contributed by atoms with E-state index >= 15 is 0 Å². The zero-order valence-electron chi connectivity index (χ0n) is 23.8. The summed E-state index contributed by atoms with van der Waals surface area (Å²) in [6.45, 7) is 11.3. The number of amides is 1. The van der Waals surface area contributed by atoms with E-state index in [-0.39, 0.29) is 5.97 Å². The molecule has 1 heterocycles. The largest absolute Gasteiger partial charge is 0.465 e. The van der Waals surface area contributed by atoms with Crippen molar-refractivity contribution < 1.29 is 24.3 Å². The highest BCUT2D eigenvalue weighted by molar-refractivity contribution is 5.90. The molecule has 0 aliphatic heterocycles. The van der Waals surface area contributed by atoms with Crippen LogP contribution in [-0.2, 0) is 32.0 Å². The highest BCUT2D eigenvalue weighted by atomic mass is 16.5. The number of carbonyl (C=O) groups excluding carboxylic acids is 2. The lowest BCUT2D eigenvalue weighted by Crippen LogP contribution is -2.20. The van der Waals surface area contributed by atoms with Gasteiger partial charge in [0.05, 0.1) is 0 Å². The van der Waals surface area contributed by atoms with Crippen LogP contribution in [0, 0.1) is 0 Å². The van der Waals surface area contributed by atoms with Gasteiger partial charge in [0.25, 0.3) is 5.91 Å². The number of ether oxygens (including phenoxy) is 2. The summed E-state index contributed by atoms with van der Waals surface area (Å²) in [5, 5.41) is 12.9. The van der Waals surface area contributed by atoms with E-state index in [1.54, 1.807) is 6.08 Å². The number of rotatable bonds is 13. The third-order valence-corrected chi connectivity index (χ3v) is 5.32. The van der Waals surface area contributed by atoms with Gasteiger partial charge in [-0.2, -0.15) is 0 Å². The van der Waals surface area contributed by atoms with E-state index in [1.807, 2.05) is 24.3 Å². The zero-order valence-corrected chi connectivity index (χ0v) is 23.8. The first-order chi connectivity index (χ1) is 18.9. The van der Waals surface area contributed by atoms with Gasteiger partial charge in [-0.1, -0.05) is 69.7 Å². The number of carbonyl (C=O) groups is 2. The summed E-state index contributed by atoms with van der Waals surface area (Å²) in [5.41, 5.74) is 6.15. The lowest BCUT2D eigenvalue weighted by atomic mass is 10.1. The number of hydroxylamine groups is 1. The van der Waals surface area contributed by atoms with Crippen molar-refractivity contribution >= 4 is 28.9 Å². The fraction of sp³-hybridized carbons (Fsp3) is 0.419. The molecule has 1 aromatic heterocycles. The average Bonchev–Trinajstić information content (AvgIpc) is 3.36. The van der Waals surface area contributed by atoms with Crippen LogP contribution in [0.4, 0.5) is 0 Å². The number of nitrogens with one attached hydrogen (secondary N) is 3. The maximum Gasteiger partial charge on any atom is 0.302 e. The lowest BCUT2D eigenvalue weighted by Gasteiger charge is -2.05. The van der Waals surface area contributed by atoms with Crippen LogP contribution in [0.3, 0.4) is 0 Å². The second kappa shape index (κ2) is 21.5. The predicted octanol–water partition coefficient (Wildman–Crippen LogP) is 5.80. The molecule has 0 saturated carbocycles. The van der Waals surface area contributed by atoms with Gasteiger partial charge in [-0.05, 0) is 48.1 Å². The average molecular weight is 540 g/mol. The molecule has 2 aromatic carbocycles. The Morgan fingerprint density at radius 1 is 0.949 bits per heavy atom. The Morgan fingerprint density at radius 2 is 1.64 bits per heavy atom. The minimum Gasteiger partial charge on any atom is -0.465 e. The van der Waals surface area contributed by atoms with E-state index in [1.165, 1.54) is 47.8 Å². The molecule has 0 bridgehead atoms. The van der Waals surface area contributed by atoms with Gasteiger partial charge in [-0.15, -0.1) is 0 Å². The van der Waals surface area contributed by atoms with Crippen molar-refractivity contribution in [3.8, 4) is 0 Å². The summed E-state index contributed by atoms with van der Waals surface area (Å²) in [5.74, 6) is -0.851. The first kappa shape index (κ1) is 33.6. The molecular formula is C31H45N3O5. The quantitative estimate of drug-likeness (QED) is 0.0718. The van der Waals surface area contributed by atoms with Crippen molar-refractivity contribution in [3.05, 3.63) is 77.5 Å². The highest BCUT2D eigenvalue weighted by Gasteiger charge is 2.00. The Morgan fingerprint density at radius 3 is 2.26 bits per heavy atom. The molecule has 1 amide bonds. The molecule has 3 aromatic rings. The molecule has 8 nitrogen and oxygen atoms in total. The van der Waals surface area contributed by atoms with Crippen molar-refractivity contribution in [3.63, 3.8) is 0 Å². The number of fused-ring (bicyclic) bond motifs is 1. The van der Waals surface area contributed by atoms with Crippen LogP contribution >= 0.6 is 0 Å². The number of esters is 1. The van der Waals surface area contributed by atoms with E-state index in [4.69, 9.17) is 14.7 Å². The second-order valence-electron chi connectivity index (χ2n) is 8.79. The molecule has 214 valence electrons. The molecular weight excluding hydrogens is 494 g/mol. The minimum atomic E-state index is -0.568. The summed E-state index contributed by atoms with van der Waals surface area (Å²) < 4.78 is 9.93. The molecule has 0 fully saturated rings. The third-order valence-electron chi connectivity index (χ3n) is 5.32. The fourth-order valence-corrected chi connectivity index (χ4v) is 3.45. The van der Waals surface area contributed by atoms with Crippen LogP contribution in [0.5, 0.6) is 0 Å². The van der Waals surface area contributed by atoms with E-state index in [9.17, 15) is 9.59 Å². The van der Waals surface area contributed by atoms with Crippen molar-refractivity contribution in [2.24, 2.45) is 0 Å². The van der Waals surface area contributed by atoms with Crippen LogP contribution in [0.2, 0.25) is 0 Å². The molecule has 3 rings (SSSR count). The Labute approximate surface area is 232 Å². The Bertz CT molecular complexity index is 1090. The molecule has 39 heavy (non-hydrogen) atoms.